The summed E-state index contributed by atoms with van der Waals surface area (Å²) < 4.78 is 13.7. The molecule has 0 unspecified atom stereocenters. The molecule has 1 saturated heterocycles. The Hall–Kier alpha value is -1.26. The molecule has 0 saturated carbocycles. The molecule has 1 aliphatic heterocycles. The molecule has 0 aliphatic carbocycles. The minimum Gasteiger partial charge on any atom is -0.384 e. The van der Waals surface area contributed by atoms with E-state index in [-0.39, 0.29) is 5.54 Å². The van der Waals surface area contributed by atoms with E-state index in [0.29, 0.717) is 0 Å². The number of nitrogens with zero attached hydrogens (tertiary/aromatic N) is 1. The fourth-order valence-corrected chi connectivity index (χ4v) is 6.53. The number of hydrogen-bond acceptors (Lipinski definition) is 3. The highest BCUT2D eigenvalue weighted by Crippen LogP contribution is 2.44. The second-order valence-corrected chi connectivity index (χ2v) is 12.2. The summed E-state index contributed by atoms with van der Waals surface area (Å²) in [6, 6.07) is 21.0. The van der Waals surface area contributed by atoms with Crippen LogP contribution in [0.1, 0.15) is 48.5 Å². The number of rotatable bonds is 4. The van der Waals surface area contributed by atoms with E-state index in [4.69, 9.17) is 21.5 Å². The first-order valence-electron chi connectivity index (χ1n) is 10.0. The van der Waals surface area contributed by atoms with Crippen LogP contribution >= 0.6 is 20.1 Å². The Kier molecular flexibility index (Phi) is 6.27. The molecular weight excluding hydrogens is 396 g/mol. The second kappa shape index (κ2) is 8.11. The Morgan fingerprint density at radius 1 is 0.828 bits per heavy atom. The largest absolute Gasteiger partial charge is 0.595 e. The summed E-state index contributed by atoms with van der Waals surface area (Å²) in [5.41, 5.74) is -1.10. The van der Waals surface area contributed by atoms with E-state index in [1.54, 1.807) is 0 Å². The summed E-state index contributed by atoms with van der Waals surface area (Å²) in [7, 11) is -1.42. The smallest absolute Gasteiger partial charge is 0.384 e. The first kappa shape index (κ1) is 22.4. The summed E-state index contributed by atoms with van der Waals surface area (Å²) in [5.74, 6) is 0. The Morgan fingerprint density at radius 3 is 1.55 bits per heavy atom. The van der Waals surface area contributed by atoms with Crippen LogP contribution in [0.3, 0.4) is 0 Å². The third kappa shape index (κ3) is 4.59. The maximum Gasteiger partial charge on any atom is 0.595 e. The monoisotopic (exact) mass is 427 g/mol. The highest BCUT2D eigenvalue weighted by molar-refractivity contribution is 8.04. The number of thiocarbonyl (C=S) groups is 1. The van der Waals surface area contributed by atoms with Crippen LogP contribution in [-0.4, -0.2) is 33.5 Å². The lowest BCUT2D eigenvalue weighted by molar-refractivity contribution is 0.00578. The highest BCUT2D eigenvalue weighted by atomic mass is 32.1. The molecule has 0 N–H and O–H groups in total. The minimum atomic E-state index is -0.896. The van der Waals surface area contributed by atoms with E-state index >= 15 is 0 Å². The maximum absolute atomic E-state index is 6.42. The van der Waals surface area contributed by atoms with Gasteiger partial charge in [0.15, 0.2) is 0 Å². The van der Waals surface area contributed by atoms with Crippen LogP contribution in [0.2, 0.25) is 0 Å². The molecule has 29 heavy (non-hydrogen) atoms. The topological polar surface area (TPSA) is 21.7 Å². The molecule has 1 aliphatic rings. The molecule has 154 valence electrons. The van der Waals surface area contributed by atoms with Crippen molar-refractivity contribution in [2.45, 2.75) is 65.2 Å². The first-order valence-corrected chi connectivity index (χ1v) is 11.8. The Labute approximate surface area is 182 Å². The molecule has 6 heteroatoms. The van der Waals surface area contributed by atoms with Gasteiger partial charge in [0.1, 0.15) is 4.73 Å². The van der Waals surface area contributed by atoms with Gasteiger partial charge < -0.3 is 14.1 Å². The molecule has 1 fully saturated rings. The van der Waals surface area contributed by atoms with Crippen molar-refractivity contribution >= 4 is 42.7 Å². The molecule has 3 rings (SSSR count). The van der Waals surface area contributed by atoms with Crippen molar-refractivity contribution in [2.75, 3.05) is 0 Å². The highest BCUT2D eigenvalue weighted by Gasteiger charge is 2.57. The van der Waals surface area contributed by atoms with Crippen molar-refractivity contribution < 1.29 is 9.31 Å². The zero-order chi connectivity index (χ0) is 21.4. The van der Waals surface area contributed by atoms with Gasteiger partial charge in [-0.05, 0) is 59.1 Å². The van der Waals surface area contributed by atoms with Crippen molar-refractivity contribution in [3.8, 4) is 0 Å². The summed E-state index contributed by atoms with van der Waals surface area (Å²) in [6.45, 7) is 14.8. The fourth-order valence-electron chi connectivity index (χ4n) is 3.24. The molecule has 0 spiro atoms. The second-order valence-electron chi connectivity index (χ2n) is 9.39. The lowest BCUT2D eigenvalue weighted by Gasteiger charge is -2.41. The molecule has 3 nitrogen and oxygen atoms in total. The fraction of sp³-hybridized carbons (Fsp3) is 0.435. The number of hydrogen-bond donors (Lipinski definition) is 0. The third-order valence-electron chi connectivity index (χ3n) is 5.60. The van der Waals surface area contributed by atoms with Crippen molar-refractivity contribution in [2.24, 2.45) is 0 Å². The summed E-state index contributed by atoms with van der Waals surface area (Å²) in [5, 5.41) is 2.45. The molecule has 2 aromatic carbocycles. The average molecular weight is 427 g/mol. The van der Waals surface area contributed by atoms with Crippen LogP contribution in [-0.2, 0) is 9.31 Å². The van der Waals surface area contributed by atoms with Crippen LogP contribution in [0, 0.1) is 0 Å². The SMILES string of the molecule is CC(C)(C)N(B1OC(C)(C)C(C)(C)O1)C(=S)P(c1ccccc1)c1ccccc1. The van der Waals surface area contributed by atoms with E-state index in [2.05, 4.69) is 102 Å². The summed E-state index contributed by atoms with van der Waals surface area (Å²) in [6.07, 6.45) is 0. The van der Waals surface area contributed by atoms with Crippen LogP contribution < -0.4 is 10.6 Å². The van der Waals surface area contributed by atoms with Gasteiger partial charge in [0.25, 0.3) is 0 Å². The van der Waals surface area contributed by atoms with Crippen LogP contribution in [0.15, 0.2) is 60.7 Å². The van der Waals surface area contributed by atoms with Gasteiger partial charge in [-0.3, -0.25) is 0 Å². The lowest BCUT2D eigenvalue weighted by atomic mass is 9.90. The average Bonchev–Trinajstić information content (AvgIpc) is 2.82. The van der Waals surface area contributed by atoms with Crippen molar-refractivity contribution in [3.05, 3.63) is 60.7 Å². The van der Waals surface area contributed by atoms with E-state index in [0.717, 1.165) is 4.73 Å². The molecule has 0 radical (unpaired) electrons. The summed E-state index contributed by atoms with van der Waals surface area (Å²) >= 11 is 6.19. The first-order chi connectivity index (χ1) is 13.4. The quantitative estimate of drug-likeness (QED) is 0.385. The molecular formula is C23H31BNO2PS. The predicted octanol–water partition coefficient (Wildman–Crippen LogP) is 5.09. The summed E-state index contributed by atoms with van der Waals surface area (Å²) in [4.78, 5) is 2.16. The Balaban J connectivity index is 2.06. The maximum atomic E-state index is 6.42. The molecule has 0 bridgehead atoms. The van der Waals surface area contributed by atoms with Crippen LogP contribution in [0.5, 0.6) is 0 Å². The molecule has 2 aromatic rings. The lowest BCUT2D eigenvalue weighted by Crippen LogP contribution is -2.55. The van der Waals surface area contributed by atoms with Crippen molar-refractivity contribution in [1.82, 2.24) is 4.81 Å². The standard InChI is InChI=1S/C23H31BNO2PS/c1-21(2,3)25(24-26-22(4,5)23(6,7)27-24)20(29)28(18-14-10-8-11-15-18)19-16-12-9-13-17-19/h8-17H,1-7H3. The molecule has 0 aromatic heterocycles. The van der Waals surface area contributed by atoms with Gasteiger partial charge >= 0.3 is 7.25 Å². The number of benzene rings is 2. The molecule has 0 atom stereocenters. The van der Waals surface area contributed by atoms with E-state index in [1.807, 2.05) is 12.1 Å². The van der Waals surface area contributed by atoms with Crippen LogP contribution in [0.25, 0.3) is 0 Å². The van der Waals surface area contributed by atoms with Gasteiger partial charge in [-0.2, -0.15) is 0 Å². The van der Waals surface area contributed by atoms with E-state index < -0.39 is 26.4 Å². The van der Waals surface area contributed by atoms with Gasteiger partial charge in [-0.15, -0.1) is 0 Å². The van der Waals surface area contributed by atoms with Gasteiger partial charge in [-0.1, -0.05) is 72.9 Å². The van der Waals surface area contributed by atoms with Crippen molar-refractivity contribution in [1.29, 1.82) is 0 Å². The van der Waals surface area contributed by atoms with Crippen LogP contribution in [0.4, 0.5) is 0 Å². The Bertz CT molecular complexity index is 797. The normalized spacial score (nSPS) is 18.1. The zero-order valence-electron chi connectivity index (χ0n) is 18.5. The minimum absolute atomic E-state index is 0.262. The third-order valence-corrected chi connectivity index (χ3v) is 8.57. The van der Waals surface area contributed by atoms with Gasteiger partial charge in [-0.25, -0.2) is 0 Å². The zero-order valence-corrected chi connectivity index (χ0v) is 20.2. The van der Waals surface area contributed by atoms with Gasteiger partial charge in [0.2, 0.25) is 0 Å². The van der Waals surface area contributed by atoms with Gasteiger partial charge in [0, 0.05) is 13.5 Å². The predicted molar refractivity (Wildman–Crippen MR) is 129 cm³/mol. The van der Waals surface area contributed by atoms with Gasteiger partial charge in [0.05, 0.1) is 11.2 Å². The molecule has 1 heterocycles. The Morgan fingerprint density at radius 2 is 1.21 bits per heavy atom. The van der Waals surface area contributed by atoms with E-state index in [1.165, 1.54) is 10.6 Å². The molecule has 0 amide bonds. The van der Waals surface area contributed by atoms with E-state index in [9.17, 15) is 0 Å². The van der Waals surface area contributed by atoms with Crippen molar-refractivity contribution in [3.63, 3.8) is 0 Å².